The molecule has 0 amide bonds. The fraction of sp³-hybridized carbons (Fsp3) is 0.375. The Morgan fingerprint density at radius 1 is 1.11 bits per heavy atom. The molecule has 0 aliphatic heterocycles. The van der Waals surface area contributed by atoms with Crippen LogP contribution in [0.15, 0.2) is 48.7 Å². The van der Waals surface area contributed by atoms with E-state index in [9.17, 15) is 0 Å². The van der Waals surface area contributed by atoms with Gasteiger partial charge in [-0.25, -0.2) is 0 Å². The maximum absolute atomic E-state index is 5.85. The standard InChI is InChI=1S/C24H31N3S/c1-6-19(5)27(24(28)25-21-13-17(3)12-18(4)14-21)16-20-15-26(7-2)23-11-9-8-10-22(20)23/h8-15,19H,6-7,16H2,1-5H3,(H,25,28)/t19-/m1/s1. The Morgan fingerprint density at radius 2 is 1.79 bits per heavy atom. The van der Waals surface area contributed by atoms with Crippen LogP contribution >= 0.6 is 12.2 Å². The molecule has 1 aromatic heterocycles. The number of anilines is 1. The molecule has 1 atom stereocenters. The Balaban J connectivity index is 1.89. The SMILES string of the molecule is CC[C@@H](C)N(Cc1cn(CC)c2ccccc12)C(=S)Nc1cc(C)cc(C)c1. The molecule has 3 nitrogen and oxygen atoms in total. The second-order valence-electron chi connectivity index (χ2n) is 7.65. The molecule has 1 N–H and O–H groups in total. The van der Waals surface area contributed by atoms with E-state index < -0.39 is 0 Å². The minimum atomic E-state index is 0.356. The first kappa shape index (κ1) is 20.4. The minimum absolute atomic E-state index is 0.356. The number of aromatic nitrogens is 1. The summed E-state index contributed by atoms with van der Waals surface area (Å²) in [5.41, 5.74) is 6.16. The molecule has 0 fully saturated rings. The van der Waals surface area contributed by atoms with Crippen LogP contribution < -0.4 is 5.32 Å². The predicted molar refractivity (Wildman–Crippen MR) is 125 cm³/mol. The minimum Gasteiger partial charge on any atom is -0.347 e. The lowest BCUT2D eigenvalue weighted by Gasteiger charge is -2.31. The average Bonchev–Trinajstić information content (AvgIpc) is 3.02. The number of hydrogen-bond acceptors (Lipinski definition) is 1. The zero-order chi connectivity index (χ0) is 20.3. The predicted octanol–water partition coefficient (Wildman–Crippen LogP) is 6.28. The van der Waals surface area contributed by atoms with Crippen LogP contribution in [0.25, 0.3) is 10.9 Å². The molecule has 0 aliphatic carbocycles. The molecule has 0 spiro atoms. The molecule has 28 heavy (non-hydrogen) atoms. The fourth-order valence-corrected chi connectivity index (χ4v) is 4.15. The first-order chi connectivity index (χ1) is 13.4. The van der Waals surface area contributed by atoms with Crippen LogP contribution in [0.4, 0.5) is 5.69 Å². The summed E-state index contributed by atoms with van der Waals surface area (Å²) >= 11 is 5.85. The largest absolute Gasteiger partial charge is 0.347 e. The Bertz CT molecular complexity index is 953. The maximum atomic E-state index is 5.85. The van der Waals surface area contributed by atoms with Crippen molar-refractivity contribution in [3.05, 3.63) is 65.4 Å². The number of rotatable bonds is 6. The van der Waals surface area contributed by atoms with Gasteiger partial charge in [-0.15, -0.1) is 0 Å². The van der Waals surface area contributed by atoms with Crippen molar-refractivity contribution in [2.75, 3.05) is 5.32 Å². The van der Waals surface area contributed by atoms with E-state index in [2.05, 4.69) is 98.1 Å². The van der Waals surface area contributed by atoms with E-state index in [-0.39, 0.29) is 0 Å². The second-order valence-corrected chi connectivity index (χ2v) is 8.04. The van der Waals surface area contributed by atoms with Crippen molar-refractivity contribution in [3.8, 4) is 0 Å². The number of benzene rings is 2. The highest BCUT2D eigenvalue weighted by atomic mass is 32.1. The summed E-state index contributed by atoms with van der Waals surface area (Å²) in [4.78, 5) is 2.31. The quantitative estimate of drug-likeness (QED) is 0.498. The molecule has 0 radical (unpaired) electrons. The zero-order valence-electron chi connectivity index (χ0n) is 17.6. The van der Waals surface area contributed by atoms with Crippen LogP contribution in [0.3, 0.4) is 0 Å². The molecule has 4 heteroatoms. The topological polar surface area (TPSA) is 20.2 Å². The Kier molecular flexibility index (Phi) is 6.40. The Labute approximate surface area is 174 Å². The van der Waals surface area contributed by atoms with Crippen LogP contribution in [0, 0.1) is 13.8 Å². The highest BCUT2D eigenvalue weighted by Gasteiger charge is 2.19. The fourth-order valence-electron chi connectivity index (χ4n) is 3.78. The first-order valence-corrected chi connectivity index (χ1v) is 10.6. The summed E-state index contributed by atoms with van der Waals surface area (Å²) in [5, 5.41) is 5.58. The van der Waals surface area contributed by atoms with Gasteiger partial charge in [0.25, 0.3) is 0 Å². The molecular weight excluding hydrogens is 362 g/mol. The van der Waals surface area contributed by atoms with Crippen molar-refractivity contribution in [2.45, 2.75) is 60.2 Å². The zero-order valence-corrected chi connectivity index (χ0v) is 18.4. The summed E-state index contributed by atoms with van der Waals surface area (Å²) in [6.07, 6.45) is 3.32. The van der Waals surface area contributed by atoms with Crippen LogP contribution in [0.2, 0.25) is 0 Å². The molecule has 1 heterocycles. The molecule has 0 saturated heterocycles. The van der Waals surface area contributed by atoms with Crippen molar-refractivity contribution in [1.29, 1.82) is 0 Å². The summed E-state index contributed by atoms with van der Waals surface area (Å²) in [6.45, 7) is 12.7. The number of hydrogen-bond donors (Lipinski definition) is 1. The van der Waals surface area contributed by atoms with Crippen molar-refractivity contribution in [3.63, 3.8) is 0 Å². The molecule has 3 aromatic rings. The third-order valence-corrected chi connectivity index (χ3v) is 5.75. The van der Waals surface area contributed by atoms with E-state index in [0.29, 0.717) is 6.04 Å². The van der Waals surface area contributed by atoms with E-state index in [1.165, 1.54) is 27.6 Å². The lowest BCUT2D eigenvalue weighted by Crippen LogP contribution is -2.40. The lowest BCUT2D eigenvalue weighted by molar-refractivity contribution is 0.320. The van der Waals surface area contributed by atoms with Crippen molar-refractivity contribution in [1.82, 2.24) is 9.47 Å². The second kappa shape index (κ2) is 8.78. The van der Waals surface area contributed by atoms with Gasteiger partial charge >= 0.3 is 0 Å². The van der Waals surface area contributed by atoms with Gasteiger partial charge in [0, 0.05) is 41.9 Å². The van der Waals surface area contributed by atoms with Gasteiger partial charge in [0.2, 0.25) is 0 Å². The van der Waals surface area contributed by atoms with Gasteiger partial charge in [-0.3, -0.25) is 0 Å². The number of thiocarbonyl (C=S) groups is 1. The van der Waals surface area contributed by atoms with Gasteiger partial charge in [0.15, 0.2) is 5.11 Å². The molecule has 0 bridgehead atoms. The summed E-state index contributed by atoms with van der Waals surface area (Å²) in [7, 11) is 0. The average molecular weight is 394 g/mol. The third-order valence-electron chi connectivity index (χ3n) is 5.41. The smallest absolute Gasteiger partial charge is 0.173 e. The number of fused-ring (bicyclic) bond motifs is 1. The van der Waals surface area contributed by atoms with E-state index >= 15 is 0 Å². The number of para-hydroxylation sites is 1. The van der Waals surface area contributed by atoms with E-state index in [1.54, 1.807) is 0 Å². The van der Waals surface area contributed by atoms with Crippen LogP contribution in [0.5, 0.6) is 0 Å². The van der Waals surface area contributed by atoms with E-state index in [1.807, 2.05) is 0 Å². The molecule has 0 aliphatic rings. The highest BCUT2D eigenvalue weighted by molar-refractivity contribution is 7.80. The Morgan fingerprint density at radius 3 is 2.43 bits per heavy atom. The first-order valence-electron chi connectivity index (χ1n) is 10.2. The van der Waals surface area contributed by atoms with Crippen molar-refractivity contribution >= 4 is 33.9 Å². The number of nitrogens with zero attached hydrogens (tertiary/aromatic N) is 2. The monoisotopic (exact) mass is 393 g/mol. The number of aryl methyl sites for hydroxylation is 3. The Hall–Kier alpha value is -2.33. The van der Waals surface area contributed by atoms with E-state index in [4.69, 9.17) is 12.2 Å². The summed E-state index contributed by atoms with van der Waals surface area (Å²) < 4.78 is 2.32. The van der Waals surface area contributed by atoms with Crippen molar-refractivity contribution < 1.29 is 0 Å². The summed E-state index contributed by atoms with van der Waals surface area (Å²) in [5.74, 6) is 0. The van der Waals surface area contributed by atoms with Crippen LogP contribution in [-0.2, 0) is 13.1 Å². The molecule has 0 unspecified atom stereocenters. The van der Waals surface area contributed by atoms with E-state index in [0.717, 1.165) is 30.3 Å². The van der Waals surface area contributed by atoms with Crippen LogP contribution in [0.1, 0.15) is 43.9 Å². The molecule has 3 rings (SSSR count). The molecule has 2 aromatic carbocycles. The van der Waals surface area contributed by atoms with Crippen LogP contribution in [-0.4, -0.2) is 20.6 Å². The van der Waals surface area contributed by atoms with Crippen molar-refractivity contribution in [2.24, 2.45) is 0 Å². The number of nitrogens with one attached hydrogen (secondary N) is 1. The van der Waals surface area contributed by atoms with Gasteiger partial charge in [-0.1, -0.05) is 31.2 Å². The van der Waals surface area contributed by atoms with Gasteiger partial charge in [-0.05, 0) is 81.2 Å². The third kappa shape index (κ3) is 4.39. The highest BCUT2D eigenvalue weighted by Crippen LogP contribution is 2.24. The van der Waals surface area contributed by atoms with Gasteiger partial charge < -0.3 is 14.8 Å². The molecular formula is C24H31N3S. The summed E-state index contributed by atoms with van der Waals surface area (Å²) in [6, 6.07) is 15.5. The van der Waals surface area contributed by atoms with Gasteiger partial charge in [0.05, 0.1) is 0 Å². The lowest BCUT2D eigenvalue weighted by atomic mass is 10.1. The molecule has 0 saturated carbocycles. The normalized spacial score (nSPS) is 12.2. The molecule has 148 valence electrons. The van der Waals surface area contributed by atoms with Gasteiger partial charge in [0.1, 0.15) is 0 Å². The van der Waals surface area contributed by atoms with Gasteiger partial charge in [-0.2, -0.15) is 0 Å². The maximum Gasteiger partial charge on any atom is 0.173 e.